The molecule has 12 rings (SSSR count). The average Bonchev–Trinajstić information content (AvgIpc) is 0.770. The summed E-state index contributed by atoms with van der Waals surface area (Å²) in [7, 11) is -9.46. The summed E-state index contributed by atoms with van der Waals surface area (Å²) in [4.78, 5) is 0. The van der Waals surface area contributed by atoms with Crippen LogP contribution in [0.3, 0.4) is 0 Å². The molecule has 704 valence electrons. The zero-order valence-electron chi connectivity index (χ0n) is 86.8. The monoisotopic (exact) mass is 1850 g/mol. The van der Waals surface area contributed by atoms with Crippen molar-refractivity contribution in [2.24, 2.45) is 0 Å². The van der Waals surface area contributed by atoms with E-state index in [4.69, 9.17) is 27.1 Å². The summed E-state index contributed by atoms with van der Waals surface area (Å²) < 4.78 is 69.6. The van der Waals surface area contributed by atoms with Gasteiger partial charge in [0.15, 0.2) is 7.14 Å². The lowest BCUT2D eigenvalue weighted by molar-refractivity contribution is 0.290. The van der Waals surface area contributed by atoms with Crippen molar-refractivity contribution in [3.05, 3.63) is 358 Å². The lowest BCUT2D eigenvalue weighted by atomic mass is 9.80. The van der Waals surface area contributed by atoms with Crippen molar-refractivity contribution in [1.29, 1.82) is 0 Å². The molecule has 132 heavy (non-hydrogen) atoms. The maximum Gasteiger partial charge on any atom is 0.647 e. The van der Waals surface area contributed by atoms with E-state index >= 15 is 4.57 Å². The zero-order chi connectivity index (χ0) is 98.2. The van der Waals surface area contributed by atoms with E-state index in [-0.39, 0.29) is 65.0 Å². The van der Waals surface area contributed by atoms with Gasteiger partial charge in [0, 0.05) is 49.3 Å². The zero-order valence-corrected chi connectivity index (χ0v) is 90.3. The highest BCUT2D eigenvalue weighted by molar-refractivity contribution is 7.85. The van der Waals surface area contributed by atoms with Crippen LogP contribution in [0, 0.1) is 0 Å². The number of phosphoric ester groups is 1. The summed E-state index contributed by atoms with van der Waals surface area (Å²) >= 11 is 0. The van der Waals surface area contributed by atoms with Crippen molar-refractivity contribution in [2.45, 2.75) is 314 Å². The fourth-order valence-corrected chi connectivity index (χ4v) is 22.6. The second-order valence-corrected chi connectivity index (χ2v) is 54.9. The molecule has 0 atom stereocenters. The predicted octanol–water partition coefficient (Wildman–Crippen LogP) is 33.1. The molecule has 0 saturated heterocycles. The van der Waals surface area contributed by atoms with Gasteiger partial charge in [0.1, 0.15) is 34.5 Å². The Morgan fingerprint density at radius 3 is 0.515 bits per heavy atom. The molecule has 0 aromatic heterocycles. The third-order valence-corrected chi connectivity index (χ3v) is 31.3. The molecule has 0 spiro atoms. The van der Waals surface area contributed by atoms with Crippen molar-refractivity contribution in [1.82, 2.24) is 0 Å². The fourth-order valence-electron chi connectivity index (χ4n) is 15.2. The highest BCUT2D eigenvalue weighted by atomic mass is 31.2. The van der Waals surface area contributed by atoms with Crippen molar-refractivity contribution in [2.75, 3.05) is 0 Å². The fraction of sp³-hybridized carbons (Fsp3) is 0.400. The highest BCUT2D eigenvalue weighted by Crippen LogP contribution is 2.57. The Labute approximate surface area is 800 Å². The summed E-state index contributed by atoms with van der Waals surface area (Å²) in [5.41, 5.74) is 12.1. The van der Waals surface area contributed by atoms with Crippen molar-refractivity contribution < 1.29 is 36.3 Å². The molecule has 0 aliphatic rings. The number of phosphoric acid groups is 1. The number of hydrogen-bond donors (Lipinski definition) is 0. The summed E-state index contributed by atoms with van der Waals surface area (Å²) in [6.07, 6.45) is 0. The van der Waals surface area contributed by atoms with E-state index in [1.807, 2.05) is 127 Å². The minimum absolute atomic E-state index is 0.0170. The van der Waals surface area contributed by atoms with Crippen LogP contribution >= 0.6 is 31.5 Å². The molecule has 0 unspecified atom stereocenters. The van der Waals surface area contributed by atoms with Gasteiger partial charge < -0.3 is 31.7 Å². The minimum Gasteiger partial charge on any atom is -0.408 e. The van der Waals surface area contributed by atoms with Crippen LogP contribution in [0.1, 0.15) is 316 Å². The van der Waals surface area contributed by atoms with Gasteiger partial charge in [-0.05, 0) is 159 Å². The quantitative estimate of drug-likeness (QED) is 0.0785. The second-order valence-electron chi connectivity index (χ2n) is 47.4. The molecule has 0 saturated carbocycles. The van der Waals surface area contributed by atoms with Crippen LogP contribution in [-0.2, 0) is 74.1 Å². The molecule has 12 aromatic carbocycles. The molecule has 0 N–H and O–H groups in total. The normalized spacial score (nSPS) is 12.9. The molecular formula is C120H156O8P4. The molecule has 12 heteroatoms. The molecule has 0 radical (unpaired) electrons. The number of benzene rings is 12. The summed E-state index contributed by atoms with van der Waals surface area (Å²) in [5, 5.41) is 6.81. The molecular weight excluding hydrogens is 1690 g/mol. The van der Waals surface area contributed by atoms with E-state index in [0.29, 0.717) is 17.2 Å². The minimum atomic E-state index is -4.34. The Morgan fingerprint density at radius 1 is 0.189 bits per heavy atom. The van der Waals surface area contributed by atoms with Crippen LogP contribution in [-0.4, -0.2) is 0 Å². The van der Waals surface area contributed by atoms with Gasteiger partial charge in [-0.1, -0.05) is 504 Å². The van der Waals surface area contributed by atoms with Gasteiger partial charge in [0.2, 0.25) is 0 Å². The van der Waals surface area contributed by atoms with Gasteiger partial charge in [-0.25, -0.2) is 0 Å². The van der Waals surface area contributed by atoms with Gasteiger partial charge >= 0.3 is 16.4 Å². The SMILES string of the molecule is CC(C)(C)c1ccc(OP(=O)(Oc2ccc(C(C)(C)C)cc2C(C)(C)C)Oc2ccc(C(C)(C)C)cc2C(C)(C)C)c(C(C)(C)C)c1.CC(C)(C)c1ccc(OP(Oc2ccc(C(C)(C)C)cc2C(C)(C)C)Oc2ccc(C(C)(C)C)cc2C(C)(C)C)c(C(C)(C)C)c1.O=P(c1ccccc1)(c1ccccc1)c1ccccc1.c1ccc(P(c2ccccc2)c2ccccc2)cc1. The van der Waals surface area contributed by atoms with Crippen molar-refractivity contribution in [3.8, 4) is 34.5 Å². The molecule has 0 amide bonds. The standard InChI is InChI=1S/C42H63O4P.C42H63O3P.C18H15OP.C18H15P/c1-37(2,3)28-19-22-34(31(25-28)40(10,11)12)44-47(43,45-35-23-20-29(38(4,5)6)26-32(35)41(13,14)15)46-36-24-21-30(39(7,8)9)27-33(36)42(16,17)18;1-37(2,3)28-19-22-34(31(25-28)40(10,11)12)43-46(44-35-23-20-29(38(4,5)6)26-32(35)41(13,14)15)45-36-24-21-30(39(7,8)9)27-33(36)42(16,17)18;19-20(16-10-4-1-5-11-16,17-12-6-2-7-13-17)18-14-8-3-9-15-18;1-4-10-16(11-5-1)19(17-12-6-2-7-13-17)18-14-8-3-9-15-18/h19-27H,1-18H3;19-27H,1-18H3;1-15H;1-15H. The van der Waals surface area contributed by atoms with E-state index in [2.05, 4.69) is 413 Å². The Bertz CT molecular complexity index is 5300. The van der Waals surface area contributed by atoms with Gasteiger partial charge in [0.25, 0.3) is 0 Å². The molecule has 0 aliphatic carbocycles. The summed E-state index contributed by atoms with van der Waals surface area (Å²) in [6.45, 7) is 79.3. The number of rotatable bonds is 18. The largest absolute Gasteiger partial charge is 0.647 e. The maximum atomic E-state index is 15.3. The topological polar surface area (TPSA) is 89.5 Å². The predicted molar refractivity (Wildman–Crippen MR) is 572 cm³/mol. The lowest BCUT2D eigenvalue weighted by Crippen LogP contribution is -2.24. The van der Waals surface area contributed by atoms with Crippen LogP contribution in [0.2, 0.25) is 0 Å². The van der Waals surface area contributed by atoms with Gasteiger partial charge in [-0.15, -0.1) is 0 Å². The Balaban J connectivity index is 0.000000212. The molecule has 12 aromatic rings. The first-order valence-corrected chi connectivity index (χ1v) is 52.5. The number of hydrogen-bond acceptors (Lipinski definition) is 8. The Morgan fingerprint density at radius 2 is 0.348 bits per heavy atom. The Hall–Kier alpha value is -9.24. The maximum absolute atomic E-state index is 15.3. The molecule has 8 nitrogen and oxygen atoms in total. The summed E-state index contributed by atoms with van der Waals surface area (Å²) in [5.74, 6) is 3.83. The Kier molecular flexibility index (Phi) is 33.5. The van der Waals surface area contributed by atoms with Crippen LogP contribution in [0.5, 0.6) is 34.5 Å². The van der Waals surface area contributed by atoms with E-state index in [9.17, 15) is 4.57 Å². The van der Waals surface area contributed by atoms with Crippen molar-refractivity contribution >= 4 is 63.3 Å². The van der Waals surface area contributed by atoms with E-state index in [1.54, 1.807) is 0 Å². The molecule has 0 bridgehead atoms. The van der Waals surface area contributed by atoms with Gasteiger partial charge in [-0.3, -0.25) is 0 Å². The van der Waals surface area contributed by atoms with Crippen LogP contribution in [0.15, 0.2) is 291 Å². The van der Waals surface area contributed by atoms with E-state index in [0.717, 1.165) is 66.5 Å². The van der Waals surface area contributed by atoms with Crippen molar-refractivity contribution in [3.63, 3.8) is 0 Å². The molecule has 0 fully saturated rings. The first-order chi connectivity index (χ1) is 60.8. The molecule has 0 aliphatic heterocycles. The van der Waals surface area contributed by atoms with Crippen LogP contribution < -0.4 is 59.0 Å². The first kappa shape index (κ1) is 106. The summed E-state index contributed by atoms with van der Waals surface area (Å²) in [6, 6.07) is 99.6. The third-order valence-electron chi connectivity index (χ3n) is 23.5. The smallest absolute Gasteiger partial charge is 0.408 e. The molecule has 0 heterocycles. The lowest BCUT2D eigenvalue weighted by Gasteiger charge is -2.31. The van der Waals surface area contributed by atoms with Crippen LogP contribution in [0.4, 0.5) is 0 Å². The first-order valence-electron chi connectivity index (χ1n) is 46.9. The third kappa shape index (κ3) is 28.7. The van der Waals surface area contributed by atoms with Crippen LogP contribution in [0.25, 0.3) is 0 Å². The van der Waals surface area contributed by atoms with Gasteiger partial charge in [-0.2, -0.15) is 4.57 Å². The van der Waals surface area contributed by atoms with E-state index in [1.165, 1.54) is 49.3 Å². The van der Waals surface area contributed by atoms with Gasteiger partial charge in [0.05, 0.1) is 0 Å². The highest BCUT2D eigenvalue weighted by Gasteiger charge is 2.41. The van der Waals surface area contributed by atoms with E-state index < -0.39 is 31.5 Å². The second kappa shape index (κ2) is 41.5. The average molecular weight is 1850 g/mol.